The van der Waals surface area contributed by atoms with Crippen LogP contribution in [0.4, 0.5) is 19.0 Å². The summed E-state index contributed by atoms with van der Waals surface area (Å²) in [5.74, 6) is -4.22. The number of aliphatic carboxylic acids is 2. The number of fused-ring (bicyclic) bond motifs is 1. The van der Waals surface area contributed by atoms with E-state index < -0.39 is 34.2 Å². The number of hydrogen-bond acceptors (Lipinski definition) is 6. The molecule has 1 heterocycles. The Balaban J connectivity index is 0.000000604. The van der Waals surface area contributed by atoms with E-state index in [4.69, 9.17) is 33.0 Å². The van der Waals surface area contributed by atoms with Crippen molar-refractivity contribution in [1.29, 1.82) is 0 Å². The molecule has 3 aromatic rings. The number of carbonyl (C=O) groups is 2. The van der Waals surface area contributed by atoms with Crippen molar-refractivity contribution in [3.8, 4) is 0 Å². The molecule has 37 heavy (non-hydrogen) atoms. The number of nitrogens with zero attached hydrogens (tertiary/aromatic N) is 2. The van der Waals surface area contributed by atoms with Crippen LogP contribution in [-0.4, -0.2) is 53.7 Å². The zero-order chi connectivity index (χ0) is 28.0. The van der Waals surface area contributed by atoms with Crippen molar-refractivity contribution in [2.45, 2.75) is 23.5 Å². The molecule has 2 aromatic carbocycles. The van der Waals surface area contributed by atoms with Gasteiger partial charge in [0.25, 0.3) is 0 Å². The van der Waals surface area contributed by atoms with E-state index in [1.54, 1.807) is 30.3 Å². The van der Waals surface area contributed by atoms with Crippen molar-refractivity contribution in [3.63, 3.8) is 0 Å². The number of benzene rings is 2. The Morgan fingerprint density at radius 2 is 1.68 bits per heavy atom. The largest absolute Gasteiger partial charge is 0.490 e. The number of nitrogens with two attached hydrogens (primary N) is 2. The van der Waals surface area contributed by atoms with E-state index in [1.807, 2.05) is 0 Å². The van der Waals surface area contributed by atoms with Crippen LogP contribution in [0.3, 0.4) is 0 Å². The minimum absolute atomic E-state index is 0.0182. The number of pyridine rings is 1. The molecule has 198 valence electrons. The van der Waals surface area contributed by atoms with Gasteiger partial charge in [0.05, 0.1) is 9.92 Å². The molecule has 7 N–H and O–H groups in total. The third-order valence-corrected chi connectivity index (χ3v) is 6.23. The lowest BCUT2D eigenvalue weighted by Crippen LogP contribution is -2.42. The van der Waals surface area contributed by atoms with Crippen molar-refractivity contribution >= 4 is 56.1 Å². The number of alkyl halides is 3. The second kappa shape index (κ2) is 11.9. The lowest BCUT2D eigenvalue weighted by atomic mass is 10.1. The van der Waals surface area contributed by atoms with Crippen molar-refractivity contribution in [3.05, 3.63) is 65.3 Å². The molecule has 0 saturated carbocycles. The average molecular weight is 562 g/mol. The smallest absolute Gasteiger partial charge is 0.480 e. The van der Waals surface area contributed by atoms with Crippen LogP contribution in [0.1, 0.15) is 5.56 Å². The Hall–Kier alpha value is -3.95. The number of carboxylic acids is 2. The number of aliphatic imine (C=N–C) groups is 1. The van der Waals surface area contributed by atoms with E-state index in [1.165, 1.54) is 24.4 Å². The molecule has 0 aliphatic carbocycles. The first-order chi connectivity index (χ1) is 17.1. The summed E-state index contributed by atoms with van der Waals surface area (Å²) in [5.41, 5.74) is 11.5. The summed E-state index contributed by atoms with van der Waals surface area (Å²) in [4.78, 5) is 28.3. The summed E-state index contributed by atoms with van der Waals surface area (Å²) >= 11 is 6.13. The lowest BCUT2D eigenvalue weighted by molar-refractivity contribution is -0.192. The highest BCUT2D eigenvalue weighted by molar-refractivity contribution is 7.89. The maximum atomic E-state index is 12.9. The van der Waals surface area contributed by atoms with Gasteiger partial charge in [-0.25, -0.2) is 18.2 Å². The number of sulfonamides is 1. The van der Waals surface area contributed by atoms with Gasteiger partial charge in [0, 0.05) is 17.0 Å². The first-order valence-electron chi connectivity index (χ1n) is 9.89. The first-order valence-corrected chi connectivity index (χ1v) is 11.7. The molecule has 0 unspecified atom stereocenters. The predicted octanol–water partition coefficient (Wildman–Crippen LogP) is 2.40. The Bertz CT molecular complexity index is 1430. The van der Waals surface area contributed by atoms with Crippen LogP contribution in [0.15, 0.2) is 64.6 Å². The van der Waals surface area contributed by atoms with E-state index in [-0.39, 0.29) is 28.1 Å². The maximum absolute atomic E-state index is 12.9. The molecule has 0 saturated heterocycles. The molecule has 0 aliphatic rings. The van der Waals surface area contributed by atoms with Crippen LogP contribution in [0.25, 0.3) is 10.8 Å². The van der Waals surface area contributed by atoms with Gasteiger partial charge in [-0.05, 0) is 24.1 Å². The number of halogens is 4. The normalized spacial score (nSPS) is 12.2. The molecule has 3 rings (SSSR count). The van der Waals surface area contributed by atoms with Gasteiger partial charge in [0.1, 0.15) is 6.04 Å². The molecule has 0 spiro atoms. The standard InChI is InChI=1S/C19H18ClN5O4S.C2HF3O2/c20-15-10-23-17(24-19(21)22)14-9-12(6-7-13(14)15)30(28,29)25-16(18(26)27)8-11-4-2-1-3-5-11;3-2(4,5)1(6)7/h1-7,9-10,16,25H,8H2,(H,26,27)(H4,21,22,23,24);(H,6,7)/t16-;/m0./s1. The van der Waals surface area contributed by atoms with Gasteiger partial charge in [-0.1, -0.05) is 48.0 Å². The minimum Gasteiger partial charge on any atom is -0.480 e. The SMILES string of the molecule is NC(N)=Nc1ncc(Cl)c2ccc(S(=O)(=O)N[C@@H](Cc3ccccc3)C(=O)O)cc12.O=C(O)C(F)(F)F. The van der Waals surface area contributed by atoms with Gasteiger partial charge in [0.15, 0.2) is 11.8 Å². The van der Waals surface area contributed by atoms with Gasteiger partial charge in [-0.15, -0.1) is 0 Å². The zero-order valence-corrected chi connectivity index (χ0v) is 20.0. The number of rotatable bonds is 7. The van der Waals surface area contributed by atoms with E-state index in [2.05, 4.69) is 14.7 Å². The zero-order valence-electron chi connectivity index (χ0n) is 18.5. The maximum Gasteiger partial charge on any atom is 0.490 e. The molecule has 0 fully saturated rings. The van der Waals surface area contributed by atoms with Crippen LogP contribution in [0, 0.1) is 0 Å². The number of aromatic nitrogens is 1. The fourth-order valence-electron chi connectivity index (χ4n) is 2.84. The monoisotopic (exact) mass is 561 g/mol. The predicted molar refractivity (Wildman–Crippen MR) is 128 cm³/mol. The van der Waals surface area contributed by atoms with Crippen molar-refractivity contribution in [2.75, 3.05) is 0 Å². The number of carboxylic acid groups (broad SMARTS) is 2. The highest BCUT2D eigenvalue weighted by atomic mass is 35.5. The molecule has 0 bridgehead atoms. The minimum atomic E-state index is -5.08. The van der Waals surface area contributed by atoms with E-state index in [0.717, 1.165) is 0 Å². The van der Waals surface area contributed by atoms with Crippen LogP contribution in [-0.2, 0) is 26.0 Å². The third kappa shape index (κ3) is 8.30. The second-order valence-corrected chi connectivity index (χ2v) is 9.30. The Morgan fingerprint density at radius 1 is 1.08 bits per heavy atom. The topological polar surface area (TPSA) is 198 Å². The van der Waals surface area contributed by atoms with E-state index in [9.17, 15) is 31.5 Å². The second-order valence-electron chi connectivity index (χ2n) is 7.18. The fourth-order valence-corrected chi connectivity index (χ4v) is 4.27. The summed E-state index contributed by atoms with van der Waals surface area (Å²) in [5, 5.41) is 17.7. The van der Waals surface area contributed by atoms with Gasteiger partial charge in [-0.3, -0.25) is 4.79 Å². The summed E-state index contributed by atoms with van der Waals surface area (Å²) < 4.78 is 59.7. The summed E-state index contributed by atoms with van der Waals surface area (Å²) in [6, 6.07) is 11.4. The van der Waals surface area contributed by atoms with Gasteiger partial charge in [-0.2, -0.15) is 22.9 Å². The van der Waals surface area contributed by atoms with Crippen LogP contribution >= 0.6 is 11.6 Å². The number of nitrogens with one attached hydrogen (secondary N) is 1. The fraction of sp³-hybridized carbons (Fsp3) is 0.143. The Kier molecular flexibility index (Phi) is 9.38. The van der Waals surface area contributed by atoms with E-state index >= 15 is 0 Å². The van der Waals surface area contributed by atoms with Crippen molar-refractivity contribution < 1.29 is 41.4 Å². The molecule has 0 aliphatic heterocycles. The van der Waals surface area contributed by atoms with Gasteiger partial charge >= 0.3 is 18.1 Å². The van der Waals surface area contributed by atoms with Crippen LogP contribution in [0.5, 0.6) is 0 Å². The number of guanidine groups is 1. The number of hydrogen-bond donors (Lipinski definition) is 5. The molecule has 16 heteroatoms. The molecule has 0 radical (unpaired) electrons. The quantitative estimate of drug-likeness (QED) is 0.212. The Morgan fingerprint density at radius 3 is 2.19 bits per heavy atom. The molecule has 1 aromatic heterocycles. The average Bonchev–Trinajstić information content (AvgIpc) is 2.80. The highest BCUT2D eigenvalue weighted by Crippen LogP contribution is 2.31. The van der Waals surface area contributed by atoms with Crippen LogP contribution < -0.4 is 16.2 Å². The highest BCUT2D eigenvalue weighted by Gasteiger charge is 2.38. The third-order valence-electron chi connectivity index (χ3n) is 4.46. The summed E-state index contributed by atoms with van der Waals surface area (Å²) in [6.45, 7) is 0. The molecule has 1 atom stereocenters. The van der Waals surface area contributed by atoms with Crippen molar-refractivity contribution in [1.82, 2.24) is 9.71 Å². The summed E-state index contributed by atoms with van der Waals surface area (Å²) in [6.07, 6.45) is -3.76. The molecular weight excluding hydrogens is 543 g/mol. The molecular formula is C21H19ClF3N5O6S. The van der Waals surface area contributed by atoms with Crippen LogP contribution in [0.2, 0.25) is 5.02 Å². The van der Waals surface area contributed by atoms with Crippen molar-refractivity contribution in [2.24, 2.45) is 16.5 Å². The van der Waals surface area contributed by atoms with E-state index in [0.29, 0.717) is 16.3 Å². The summed E-state index contributed by atoms with van der Waals surface area (Å²) in [7, 11) is -4.19. The molecule has 11 nitrogen and oxygen atoms in total. The first kappa shape index (κ1) is 29.3. The Labute approximate surface area is 212 Å². The van der Waals surface area contributed by atoms with Gasteiger partial charge in [0.2, 0.25) is 10.0 Å². The lowest BCUT2D eigenvalue weighted by Gasteiger charge is -2.15. The molecule has 0 amide bonds. The van der Waals surface area contributed by atoms with Gasteiger partial charge < -0.3 is 21.7 Å².